The third kappa shape index (κ3) is 3.07. The Morgan fingerprint density at radius 3 is 2.33 bits per heavy atom. The molecule has 4 atom stereocenters. The number of carbonyl (C=O) groups is 3. The molecule has 2 aromatic rings. The van der Waals surface area contributed by atoms with Gasteiger partial charge in [0.25, 0.3) is 5.91 Å². The van der Waals surface area contributed by atoms with Crippen molar-refractivity contribution in [2.45, 2.75) is 32.3 Å². The van der Waals surface area contributed by atoms with E-state index in [-0.39, 0.29) is 35.6 Å². The summed E-state index contributed by atoms with van der Waals surface area (Å²) in [7, 11) is 0. The van der Waals surface area contributed by atoms with Gasteiger partial charge in [-0.1, -0.05) is 50.2 Å². The van der Waals surface area contributed by atoms with Crippen LogP contribution in [-0.2, 0) is 20.8 Å². The SMILES string of the molecule is CC(C)[C@@H]1C(=O)C(C(N)=O)=C(O)[C@@]2(O)C(=O)C3=C(O)c4c(O)ccc(-c5ccccc5)c4C[C@H]3C[C@@H]12. The molecule has 1 amide bonds. The molecule has 36 heavy (non-hydrogen) atoms. The summed E-state index contributed by atoms with van der Waals surface area (Å²) < 4.78 is 0. The minimum atomic E-state index is -2.60. The summed E-state index contributed by atoms with van der Waals surface area (Å²) in [4.78, 5) is 39.1. The van der Waals surface area contributed by atoms with Gasteiger partial charge in [0.2, 0.25) is 5.78 Å². The van der Waals surface area contributed by atoms with Crippen molar-refractivity contribution in [3.05, 3.63) is 70.5 Å². The van der Waals surface area contributed by atoms with E-state index in [1.165, 1.54) is 6.07 Å². The fourth-order valence-electron chi connectivity index (χ4n) is 6.37. The largest absolute Gasteiger partial charge is 0.508 e. The quantitative estimate of drug-likeness (QED) is 0.415. The van der Waals surface area contributed by atoms with E-state index in [0.29, 0.717) is 5.56 Å². The zero-order valence-electron chi connectivity index (χ0n) is 19.9. The predicted octanol–water partition coefficient (Wildman–Crippen LogP) is 2.97. The van der Waals surface area contributed by atoms with Crippen molar-refractivity contribution in [1.82, 2.24) is 0 Å². The molecule has 1 fully saturated rings. The molecule has 0 bridgehead atoms. The zero-order valence-corrected chi connectivity index (χ0v) is 19.9. The van der Waals surface area contributed by atoms with Gasteiger partial charge in [0, 0.05) is 17.4 Å². The maximum atomic E-state index is 13.8. The Balaban J connectivity index is 1.75. The third-order valence-electron chi connectivity index (χ3n) is 7.94. The highest BCUT2D eigenvalue weighted by molar-refractivity contribution is 6.23. The molecular formula is C28H27NO7. The molecule has 6 N–H and O–H groups in total. The highest BCUT2D eigenvalue weighted by Crippen LogP contribution is 2.55. The van der Waals surface area contributed by atoms with Crippen molar-refractivity contribution in [2.75, 3.05) is 0 Å². The average molecular weight is 490 g/mol. The lowest BCUT2D eigenvalue weighted by atomic mass is 9.54. The monoisotopic (exact) mass is 489 g/mol. The summed E-state index contributed by atoms with van der Waals surface area (Å²) in [5, 5.41) is 44.5. The first-order valence-corrected chi connectivity index (χ1v) is 11.9. The second kappa shape index (κ2) is 8.06. The van der Waals surface area contributed by atoms with Crippen LogP contribution in [0.2, 0.25) is 0 Å². The van der Waals surface area contributed by atoms with Crippen molar-refractivity contribution in [3.8, 4) is 16.9 Å². The number of nitrogens with two attached hydrogens (primary N) is 1. The normalized spacial score (nSPS) is 27.6. The van der Waals surface area contributed by atoms with Crippen molar-refractivity contribution in [2.24, 2.45) is 29.4 Å². The molecule has 2 aromatic carbocycles. The molecule has 1 saturated carbocycles. The van der Waals surface area contributed by atoms with Gasteiger partial charge in [-0.05, 0) is 47.4 Å². The molecule has 0 unspecified atom stereocenters. The summed E-state index contributed by atoms with van der Waals surface area (Å²) in [5.74, 6) is -7.65. The van der Waals surface area contributed by atoms with Crippen LogP contribution in [-0.4, -0.2) is 43.5 Å². The smallest absolute Gasteiger partial charge is 0.255 e. The molecule has 0 radical (unpaired) electrons. The minimum absolute atomic E-state index is 0.0869. The van der Waals surface area contributed by atoms with Gasteiger partial charge in [-0.15, -0.1) is 0 Å². The minimum Gasteiger partial charge on any atom is -0.508 e. The van der Waals surface area contributed by atoms with Gasteiger partial charge in [0.05, 0.1) is 5.56 Å². The van der Waals surface area contributed by atoms with Crippen LogP contribution < -0.4 is 5.73 Å². The number of benzene rings is 2. The van der Waals surface area contributed by atoms with Crippen LogP contribution >= 0.6 is 0 Å². The van der Waals surface area contributed by atoms with E-state index >= 15 is 0 Å². The van der Waals surface area contributed by atoms with Gasteiger partial charge < -0.3 is 26.2 Å². The standard InChI is InChI=1S/C28H27NO7/c1-12(2)19-17-11-14-10-16-15(13-6-4-3-5-7-13)8-9-18(30)21(16)24(32)20(14)25(33)28(17,36)26(34)22(23(19)31)27(29)35/h3-9,12,14,17,19,30,32,34,36H,10-11H2,1-2H3,(H2,29,35)/t14-,17-,19-,28-/m0/s1. The Bertz CT molecular complexity index is 1390. The summed E-state index contributed by atoms with van der Waals surface area (Å²) in [6.45, 7) is 3.47. The highest BCUT2D eigenvalue weighted by Gasteiger charge is 2.64. The number of ketones is 2. The fourth-order valence-corrected chi connectivity index (χ4v) is 6.37. The van der Waals surface area contributed by atoms with Gasteiger partial charge in [0.1, 0.15) is 22.8 Å². The second-order valence-electron chi connectivity index (χ2n) is 10.2. The first-order valence-electron chi connectivity index (χ1n) is 11.9. The topological polar surface area (TPSA) is 158 Å². The van der Waals surface area contributed by atoms with E-state index in [2.05, 4.69) is 0 Å². The number of fused-ring (bicyclic) bond motifs is 3. The number of amides is 1. The number of primary amides is 1. The van der Waals surface area contributed by atoms with Gasteiger partial charge in [-0.2, -0.15) is 0 Å². The molecule has 0 heterocycles. The number of aromatic hydroxyl groups is 1. The lowest BCUT2D eigenvalue weighted by Gasteiger charge is -2.50. The Labute approximate surface area is 207 Å². The first-order chi connectivity index (χ1) is 17.0. The zero-order chi connectivity index (χ0) is 26.1. The molecule has 5 rings (SSSR count). The fraction of sp³-hybridized carbons (Fsp3) is 0.321. The van der Waals surface area contributed by atoms with E-state index in [9.17, 15) is 34.8 Å². The molecule has 0 aromatic heterocycles. The van der Waals surface area contributed by atoms with Crippen LogP contribution in [0, 0.1) is 23.7 Å². The van der Waals surface area contributed by atoms with Crippen LogP contribution in [0.25, 0.3) is 16.9 Å². The van der Waals surface area contributed by atoms with Crippen molar-refractivity contribution < 1.29 is 34.8 Å². The lowest BCUT2D eigenvalue weighted by Crippen LogP contribution is -2.62. The predicted molar refractivity (Wildman–Crippen MR) is 131 cm³/mol. The molecule has 3 aliphatic rings. The maximum absolute atomic E-state index is 13.8. The van der Waals surface area contributed by atoms with Gasteiger partial charge in [0.15, 0.2) is 11.4 Å². The van der Waals surface area contributed by atoms with Crippen LogP contribution in [0.15, 0.2) is 59.4 Å². The average Bonchev–Trinajstić information content (AvgIpc) is 2.81. The number of phenols is 1. The Hall–Kier alpha value is -3.91. The van der Waals surface area contributed by atoms with Gasteiger partial charge in [-0.25, -0.2) is 0 Å². The number of aliphatic hydroxyl groups is 3. The molecule has 8 heteroatoms. The summed E-state index contributed by atoms with van der Waals surface area (Å²) in [6.07, 6.45) is 0.355. The number of aliphatic hydroxyl groups excluding tert-OH is 2. The molecule has 8 nitrogen and oxygen atoms in total. The van der Waals surface area contributed by atoms with Crippen LogP contribution in [0.1, 0.15) is 31.4 Å². The number of hydrogen-bond donors (Lipinski definition) is 5. The van der Waals surface area contributed by atoms with Crippen LogP contribution in [0.3, 0.4) is 0 Å². The number of carbonyl (C=O) groups excluding carboxylic acids is 3. The summed E-state index contributed by atoms with van der Waals surface area (Å²) in [6, 6.07) is 12.6. The Kier molecular flexibility index (Phi) is 5.33. The van der Waals surface area contributed by atoms with E-state index in [1.54, 1.807) is 19.9 Å². The second-order valence-corrected chi connectivity index (χ2v) is 10.2. The molecule has 0 saturated heterocycles. The maximum Gasteiger partial charge on any atom is 0.255 e. The summed E-state index contributed by atoms with van der Waals surface area (Å²) in [5.41, 5.74) is 4.20. The lowest BCUT2D eigenvalue weighted by molar-refractivity contribution is -0.155. The van der Waals surface area contributed by atoms with Crippen molar-refractivity contribution in [1.29, 1.82) is 0 Å². The number of rotatable bonds is 3. The Morgan fingerprint density at radius 2 is 1.72 bits per heavy atom. The van der Waals surface area contributed by atoms with Crippen LogP contribution in [0.4, 0.5) is 0 Å². The van der Waals surface area contributed by atoms with Crippen molar-refractivity contribution in [3.63, 3.8) is 0 Å². The molecule has 186 valence electrons. The number of phenolic OH excluding ortho intramolecular Hbond substituents is 1. The number of Topliss-reactive ketones (excluding diaryl/α,β-unsaturated/α-hetero) is 2. The van der Waals surface area contributed by atoms with Crippen molar-refractivity contribution >= 4 is 23.2 Å². The first kappa shape index (κ1) is 23.8. The van der Waals surface area contributed by atoms with E-state index in [1.807, 2.05) is 30.3 Å². The molecule has 0 spiro atoms. The van der Waals surface area contributed by atoms with Gasteiger partial charge in [-0.3, -0.25) is 14.4 Å². The van der Waals surface area contributed by atoms with Gasteiger partial charge >= 0.3 is 0 Å². The van der Waals surface area contributed by atoms with E-state index in [4.69, 9.17) is 5.73 Å². The van der Waals surface area contributed by atoms with Crippen LogP contribution in [0.5, 0.6) is 5.75 Å². The highest BCUT2D eigenvalue weighted by atomic mass is 16.3. The summed E-state index contributed by atoms with van der Waals surface area (Å²) >= 11 is 0. The molecule has 3 aliphatic carbocycles. The molecule has 0 aliphatic heterocycles. The third-order valence-corrected chi connectivity index (χ3v) is 7.94. The van der Waals surface area contributed by atoms with E-state index in [0.717, 1.165) is 11.1 Å². The molecular weight excluding hydrogens is 462 g/mol. The Morgan fingerprint density at radius 1 is 1.06 bits per heavy atom. The number of hydrogen-bond acceptors (Lipinski definition) is 7. The van der Waals surface area contributed by atoms with E-state index < -0.39 is 57.9 Å².